The molecule has 1 saturated heterocycles. The Bertz CT molecular complexity index is 742. The molecule has 1 saturated carbocycles. The monoisotopic (exact) mass is 355 g/mol. The van der Waals surface area contributed by atoms with E-state index in [2.05, 4.69) is 0 Å². The summed E-state index contributed by atoms with van der Waals surface area (Å²) in [4.78, 5) is 26.4. The molecule has 7 heteroatoms. The van der Waals surface area contributed by atoms with Gasteiger partial charge < -0.3 is 0 Å². The highest BCUT2D eigenvalue weighted by Crippen LogP contribution is 2.51. The second-order valence-electron chi connectivity index (χ2n) is 6.52. The van der Waals surface area contributed by atoms with E-state index < -0.39 is 35.4 Å². The number of allylic oxidation sites excluding steroid dienone is 2. The van der Waals surface area contributed by atoms with Crippen LogP contribution in [-0.2, 0) is 15.8 Å². The number of alkyl halides is 3. The lowest BCUT2D eigenvalue weighted by Gasteiger charge is -2.38. The summed E-state index contributed by atoms with van der Waals surface area (Å²) in [6.45, 7) is 0. The van der Waals surface area contributed by atoms with Gasteiger partial charge in [0.1, 0.15) is 0 Å². The van der Waals surface area contributed by atoms with Crippen LogP contribution < -0.4 is 4.90 Å². The molecule has 1 aromatic carbocycles. The molecule has 126 valence electrons. The number of carbonyl (C=O) groups excluding carboxylic acids is 2. The number of anilines is 1. The van der Waals surface area contributed by atoms with Crippen molar-refractivity contribution >= 4 is 29.1 Å². The Morgan fingerprint density at radius 2 is 1.54 bits per heavy atom. The number of imide groups is 1. The third-order valence-electron chi connectivity index (χ3n) is 5.27. The zero-order chi connectivity index (χ0) is 17.2. The van der Waals surface area contributed by atoms with Crippen LogP contribution in [0.2, 0.25) is 5.02 Å². The lowest BCUT2D eigenvalue weighted by molar-refractivity contribution is -0.137. The van der Waals surface area contributed by atoms with Gasteiger partial charge in [0.25, 0.3) is 0 Å². The van der Waals surface area contributed by atoms with E-state index in [1.807, 2.05) is 12.2 Å². The van der Waals surface area contributed by atoms with E-state index in [1.54, 1.807) is 0 Å². The predicted octanol–water partition coefficient (Wildman–Crippen LogP) is 4.06. The van der Waals surface area contributed by atoms with Crippen molar-refractivity contribution in [2.24, 2.45) is 23.7 Å². The first-order valence-electron chi connectivity index (χ1n) is 7.72. The smallest absolute Gasteiger partial charge is 0.274 e. The molecule has 0 N–H and O–H groups in total. The molecule has 0 unspecified atom stereocenters. The van der Waals surface area contributed by atoms with Crippen molar-refractivity contribution in [3.8, 4) is 0 Å². The molecule has 3 aliphatic carbocycles. The minimum absolute atomic E-state index is 0.0222. The van der Waals surface area contributed by atoms with Crippen molar-refractivity contribution in [1.29, 1.82) is 0 Å². The van der Waals surface area contributed by atoms with Gasteiger partial charge in [-0.25, -0.2) is 4.90 Å². The van der Waals surface area contributed by atoms with Crippen molar-refractivity contribution in [2.75, 3.05) is 4.90 Å². The third-order valence-corrected chi connectivity index (χ3v) is 5.59. The fourth-order valence-corrected chi connectivity index (χ4v) is 4.37. The molecule has 1 heterocycles. The Balaban J connectivity index is 1.78. The van der Waals surface area contributed by atoms with Crippen molar-refractivity contribution in [2.45, 2.75) is 19.0 Å². The first-order chi connectivity index (χ1) is 11.3. The van der Waals surface area contributed by atoms with Gasteiger partial charge in [-0.3, -0.25) is 9.59 Å². The lowest BCUT2D eigenvalue weighted by atomic mass is 9.63. The fourth-order valence-electron chi connectivity index (χ4n) is 4.17. The number of halogens is 4. The van der Waals surface area contributed by atoms with E-state index in [1.165, 1.54) is 0 Å². The standard InChI is InChI=1S/C17H13ClF3NO2/c18-11-6-5-10(17(19,20)21)7-12(11)22-15(23)13-8-1-2-9(4-3-8)14(13)16(22)24/h1-2,5-9,13-14H,3-4H2/t8-,9-,13+,14+/m0/s1. The number of nitrogens with zero attached hydrogens (tertiary/aromatic N) is 1. The van der Waals surface area contributed by atoms with Crippen LogP contribution in [0.25, 0.3) is 0 Å². The number of hydrogen-bond acceptors (Lipinski definition) is 2. The zero-order valence-corrected chi connectivity index (χ0v) is 13.1. The zero-order valence-electron chi connectivity index (χ0n) is 12.4. The largest absolute Gasteiger partial charge is 0.416 e. The van der Waals surface area contributed by atoms with Crippen LogP contribution in [0.4, 0.5) is 18.9 Å². The quantitative estimate of drug-likeness (QED) is 0.562. The van der Waals surface area contributed by atoms with E-state index >= 15 is 0 Å². The Morgan fingerprint density at radius 3 is 2.00 bits per heavy atom. The van der Waals surface area contributed by atoms with Crippen molar-refractivity contribution in [1.82, 2.24) is 0 Å². The van der Waals surface area contributed by atoms with Crippen molar-refractivity contribution < 1.29 is 22.8 Å². The number of fused-ring (bicyclic) bond motifs is 1. The van der Waals surface area contributed by atoms with Gasteiger partial charge in [-0.05, 0) is 42.9 Å². The van der Waals surface area contributed by atoms with Gasteiger partial charge in [0.15, 0.2) is 0 Å². The van der Waals surface area contributed by atoms with Gasteiger partial charge in [0.05, 0.1) is 28.1 Å². The molecular weight excluding hydrogens is 343 g/mol. The normalized spacial score (nSPS) is 31.8. The molecule has 1 aliphatic heterocycles. The molecule has 0 spiro atoms. The van der Waals surface area contributed by atoms with E-state index in [4.69, 9.17) is 11.6 Å². The number of carbonyl (C=O) groups is 2. The van der Waals surface area contributed by atoms with Crippen molar-refractivity contribution in [3.05, 3.63) is 40.9 Å². The summed E-state index contributed by atoms with van der Waals surface area (Å²) < 4.78 is 38.9. The summed E-state index contributed by atoms with van der Waals surface area (Å²) in [6, 6.07) is 2.70. The SMILES string of the molecule is O=C1[C@H]2[C@H](C(=O)N1c1cc(C(F)(F)F)ccc1Cl)[C@H]1C=C[C@H]2CC1. The van der Waals surface area contributed by atoms with Crippen LogP contribution in [0, 0.1) is 23.7 Å². The maximum atomic E-state index is 13.0. The number of hydrogen-bond donors (Lipinski definition) is 0. The molecule has 4 aliphatic rings. The third kappa shape index (κ3) is 2.12. The van der Waals surface area contributed by atoms with E-state index in [9.17, 15) is 22.8 Å². The number of amides is 2. The highest BCUT2D eigenvalue weighted by molar-refractivity contribution is 6.36. The Labute approximate surface area is 141 Å². The summed E-state index contributed by atoms with van der Waals surface area (Å²) in [5.41, 5.74) is -1.10. The van der Waals surface area contributed by atoms with Crippen molar-refractivity contribution in [3.63, 3.8) is 0 Å². The van der Waals surface area contributed by atoms with Gasteiger partial charge in [0, 0.05) is 0 Å². The maximum absolute atomic E-state index is 13.0. The van der Waals surface area contributed by atoms with Gasteiger partial charge in [-0.1, -0.05) is 23.8 Å². The van der Waals surface area contributed by atoms with Gasteiger partial charge in [-0.2, -0.15) is 13.2 Å². The molecule has 2 amide bonds. The van der Waals surface area contributed by atoms with Crippen LogP contribution in [-0.4, -0.2) is 11.8 Å². The van der Waals surface area contributed by atoms with Crippen LogP contribution in [0.1, 0.15) is 18.4 Å². The molecule has 0 radical (unpaired) electrons. The van der Waals surface area contributed by atoms with Gasteiger partial charge >= 0.3 is 6.18 Å². The number of rotatable bonds is 1. The fraction of sp³-hybridized carbons (Fsp3) is 0.412. The lowest BCUT2D eigenvalue weighted by Crippen LogP contribution is -2.38. The minimum Gasteiger partial charge on any atom is -0.274 e. The average Bonchev–Trinajstić information content (AvgIpc) is 2.82. The topological polar surface area (TPSA) is 37.4 Å². The van der Waals surface area contributed by atoms with Crippen LogP contribution in [0.15, 0.2) is 30.4 Å². The first kappa shape index (κ1) is 15.7. The second-order valence-corrected chi connectivity index (χ2v) is 6.92. The second kappa shape index (κ2) is 5.09. The van der Waals surface area contributed by atoms with Crippen LogP contribution in [0.3, 0.4) is 0 Å². The first-order valence-corrected chi connectivity index (χ1v) is 8.09. The van der Waals surface area contributed by atoms with Gasteiger partial charge in [-0.15, -0.1) is 0 Å². The number of benzene rings is 1. The van der Waals surface area contributed by atoms with Crippen LogP contribution >= 0.6 is 11.6 Å². The molecule has 24 heavy (non-hydrogen) atoms. The summed E-state index contributed by atoms with van der Waals surface area (Å²) in [6.07, 6.45) is 0.991. The summed E-state index contributed by atoms with van der Waals surface area (Å²) in [5, 5.41) is -0.0383. The highest BCUT2D eigenvalue weighted by Gasteiger charge is 2.57. The molecular formula is C17H13ClF3NO2. The summed E-state index contributed by atoms with van der Waals surface area (Å²) in [5.74, 6) is -1.88. The molecule has 3 nitrogen and oxygen atoms in total. The molecule has 5 rings (SSSR count). The Kier molecular flexibility index (Phi) is 3.33. The van der Waals surface area contributed by atoms with E-state index in [-0.39, 0.29) is 22.5 Å². The van der Waals surface area contributed by atoms with E-state index in [0.29, 0.717) is 0 Å². The molecule has 4 atom stereocenters. The maximum Gasteiger partial charge on any atom is 0.416 e. The average molecular weight is 356 g/mol. The van der Waals surface area contributed by atoms with E-state index in [0.717, 1.165) is 35.9 Å². The Morgan fingerprint density at radius 1 is 1.00 bits per heavy atom. The molecule has 2 fully saturated rings. The molecule has 2 bridgehead atoms. The minimum atomic E-state index is -4.57. The van der Waals surface area contributed by atoms with Gasteiger partial charge in [0.2, 0.25) is 11.8 Å². The molecule has 1 aromatic rings. The predicted molar refractivity (Wildman–Crippen MR) is 81.3 cm³/mol. The summed E-state index contributed by atoms with van der Waals surface area (Å²) in [7, 11) is 0. The van der Waals surface area contributed by atoms with Crippen LogP contribution in [0.5, 0.6) is 0 Å². The molecule has 0 aromatic heterocycles. The summed E-state index contributed by atoms with van der Waals surface area (Å²) >= 11 is 6.01. The Hall–Kier alpha value is -1.82. The highest BCUT2D eigenvalue weighted by atomic mass is 35.5.